The first-order valence-corrected chi connectivity index (χ1v) is 7.90. The number of nitrogens with zero attached hydrogens (tertiary/aromatic N) is 1. The Balaban J connectivity index is 2.31. The molecule has 2 aliphatic rings. The Bertz CT molecular complexity index is 579. The number of hydrogen-bond acceptors (Lipinski definition) is 5. The third kappa shape index (κ3) is 3.46. The summed E-state index contributed by atoms with van der Waals surface area (Å²) in [5.74, 6) is -1.27. The van der Waals surface area contributed by atoms with Crippen LogP contribution < -0.4 is 5.32 Å². The monoisotopic (exact) mass is 320 g/mol. The van der Waals surface area contributed by atoms with E-state index in [1.807, 2.05) is 19.9 Å². The summed E-state index contributed by atoms with van der Waals surface area (Å²) >= 11 is 0. The first-order chi connectivity index (χ1) is 10.9. The summed E-state index contributed by atoms with van der Waals surface area (Å²) in [6, 6.07) is 0. The molecule has 3 unspecified atom stereocenters. The molecule has 2 heterocycles. The molecule has 0 spiro atoms. The lowest BCUT2D eigenvalue weighted by Gasteiger charge is -2.28. The molecule has 3 atom stereocenters. The summed E-state index contributed by atoms with van der Waals surface area (Å²) in [4.78, 5) is 38.6. The maximum absolute atomic E-state index is 12.9. The van der Waals surface area contributed by atoms with Crippen LogP contribution in [0.5, 0.6) is 0 Å². The Morgan fingerprint density at radius 3 is 2.83 bits per heavy atom. The molecule has 6 nitrogen and oxygen atoms in total. The maximum atomic E-state index is 12.9. The molecule has 1 N–H and O–H groups in total. The second kappa shape index (κ2) is 6.98. The second-order valence-corrected chi connectivity index (χ2v) is 6.33. The largest absolute Gasteiger partial charge is 0.469 e. The Morgan fingerprint density at radius 1 is 1.48 bits per heavy atom. The van der Waals surface area contributed by atoms with Crippen LogP contribution in [-0.2, 0) is 19.1 Å². The van der Waals surface area contributed by atoms with Crippen molar-refractivity contribution in [1.82, 2.24) is 10.2 Å². The number of allylic oxidation sites excluding steroid dienone is 3. The minimum Gasteiger partial charge on any atom is -0.469 e. The number of ketones is 1. The number of Topliss-reactive ketones (excluding diaryl/α,β-unsaturated/α-hetero) is 1. The van der Waals surface area contributed by atoms with Gasteiger partial charge in [-0.2, -0.15) is 0 Å². The standard InChI is InChI=1S/C17H24N2O4/c1-10-6-5-7-18-15-13(20)9-12(11(2)8-14(21)23-4)17(22)19(3)16(10)15/h5,7,10-12,18H,6,8-9H2,1-4H3. The van der Waals surface area contributed by atoms with Crippen molar-refractivity contribution in [2.75, 3.05) is 14.2 Å². The van der Waals surface area contributed by atoms with Crippen LogP contribution in [0.3, 0.4) is 0 Å². The fourth-order valence-corrected chi connectivity index (χ4v) is 3.26. The first-order valence-electron chi connectivity index (χ1n) is 7.90. The topological polar surface area (TPSA) is 75.7 Å². The van der Waals surface area contributed by atoms with Crippen molar-refractivity contribution < 1.29 is 19.1 Å². The Labute approximate surface area is 136 Å². The Hall–Kier alpha value is -2.11. The molecule has 0 fully saturated rings. The number of carbonyl (C=O) groups is 3. The van der Waals surface area contributed by atoms with Gasteiger partial charge in [-0.25, -0.2) is 0 Å². The van der Waals surface area contributed by atoms with E-state index in [-0.39, 0.29) is 42.3 Å². The SMILES string of the molecule is COC(=O)CC(C)C1CC(=O)C2=C(C(C)CC=CN2)N(C)C1=O. The van der Waals surface area contributed by atoms with Gasteiger partial charge in [-0.05, 0) is 18.5 Å². The van der Waals surface area contributed by atoms with Crippen LogP contribution in [0.25, 0.3) is 0 Å². The van der Waals surface area contributed by atoms with Gasteiger partial charge in [0, 0.05) is 31.7 Å². The number of methoxy groups -OCH3 is 1. The molecule has 6 heteroatoms. The van der Waals surface area contributed by atoms with Crippen molar-refractivity contribution in [3.05, 3.63) is 23.7 Å². The van der Waals surface area contributed by atoms with E-state index in [1.54, 1.807) is 18.1 Å². The van der Waals surface area contributed by atoms with Crippen LogP contribution in [0, 0.1) is 17.8 Å². The van der Waals surface area contributed by atoms with E-state index in [9.17, 15) is 14.4 Å². The lowest BCUT2D eigenvalue weighted by molar-refractivity contribution is -0.143. The van der Waals surface area contributed by atoms with E-state index < -0.39 is 5.92 Å². The highest BCUT2D eigenvalue weighted by atomic mass is 16.5. The average Bonchev–Trinajstić information content (AvgIpc) is 2.76. The van der Waals surface area contributed by atoms with Crippen molar-refractivity contribution in [3.63, 3.8) is 0 Å². The van der Waals surface area contributed by atoms with Crippen LogP contribution in [0.2, 0.25) is 0 Å². The molecule has 0 saturated carbocycles. The zero-order valence-electron chi connectivity index (χ0n) is 14.1. The Morgan fingerprint density at radius 2 is 2.17 bits per heavy atom. The first kappa shape index (κ1) is 17.2. The van der Waals surface area contributed by atoms with Gasteiger partial charge in [-0.15, -0.1) is 0 Å². The summed E-state index contributed by atoms with van der Waals surface area (Å²) in [6.07, 6.45) is 4.71. The number of rotatable bonds is 3. The van der Waals surface area contributed by atoms with Gasteiger partial charge in [0.15, 0.2) is 5.78 Å². The van der Waals surface area contributed by atoms with Gasteiger partial charge in [-0.3, -0.25) is 14.4 Å². The number of esters is 1. The fraction of sp³-hybridized carbons (Fsp3) is 0.588. The number of carbonyl (C=O) groups excluding carboxylic acids is 3. The zero-order chi connectivity index (χ0) is 17.1. The molecule has 2 aliphatic heterocycles. The number of ether oxygens (including phenoxy) is 1. The molecular weight excluding hydrogens is 296 g/mol. The van der Waals surface area contributed by atoms with Gasteiger partial charge in [0.2, 0.25) is 5.91 Å². The van der Waals surface area contributed by atoms with Crippen LogP contribution in [0.15, 0.2) is 23.7 Å². The predicted molar refractivity (Wildman–Crippen MR) is 84.8 cm³/mol. The van der Waals surface area contributed by atoms with Gasteiger partial charge in [0.25, 0.3) is 0 Å². The van der Waals surface area contributed by atoms with Gasteiger partial charge in [0.05, 0.1) is 12.8 Å². The van der Waals surface area contributed by atoms with E-state index >= 15 is 0 Å². The third-order valence-corrected chi connectivity index (χ3v) is 4.65. The molecule has 0 aromatic heterocycles. The summed E-state index contributed by atoms with van der Waals surface area (Å²) in [7, 11) is 3.03. The number of hydrogen-bond donors (Lipinski definition) is 1. The van der Waals surface area contributed by atoms with Crippen molar-refractivity contribution in [2.45, 2.75) is 33.1 Å². The molecule has 0 aromatic carbocycles. The Kier molecular flexibility index (Phi) is 5.23. The lowest BCUT2D eigenvalue weighted by Crippen LogP contribution is -2.36. The highest BCUT2D eigenvalue weighted by molar-refractivity contribution is 6.01. The lowest BCUT2D eigenvalue weighted by atomic mass is 9.86. The van der Waals surface area contributed by atoms with E-state index in [0.29, 0.717) is 5.70 Å². The second-order valence-electron chi connectivity index (χ2n) is 6.33. The van der Waals surface area contributed by atoms with Crippen LogP contribution >= 0.6 is 0 Å². The molecule has 0 aliphatic carbocycles. The number of amides is 1. The molecule has 0 radical (unpaired) electrons. The van der Waals surface area contributed by atoms with Gasteiger partial charge >= 0.3 is 5.97 Å². The normalized spacial score (nSPS) is 26.2. The molecule has 0 bridgehead atoms. The van der Waals surface area contributed by atoms with E-state index in [2.05, 4.69) is 10.1 Å². The van der Waals surface area contributed by atoms with Crippen molar-refractivity contribution in [1.29, 1.82) is 0 Å². The van der Waals surface area contributed by atoms with Gasteiger partial charge in [0.1, 0.15) is 5.70 Å². The van der Waals surface area contributed by atoms with Crippen molar-refractivity contribution >= 4 is 17.7 Å². The third-order valence-electron chi connectivity index (χ3n) is 4.65. The molecule has 2 rings (SSSR count). The quantitative estimate of drug-likeness (QED) is 0.799. The molecule has 23 heavy (non-hydrogen) atoms. The van der Waals surface area contributed by atoms with Gasteiger partial charge < -0.3 is 15.0 Å². The average molecular weight is 320 g/mol. The van der Waals surface area contributed by atoms with E-state index in [0.717, 1.165) is 12.1 Å². The molecular formula is C17H24N2O4. The highest BCUT2D eigenvalue weighted by Crippen LogP contribution is 2.33. The number of nitrogens with one attached hydrogen (secondary N) is 1. The summed E-state index contributed by atoms with van der Waals surface area (Å²) in [6.45, 7) is 3.82. The molecule has 0 saturated heterocycles. The minimum atomic E-state index is -0.517. The minimum absolute atomic E-state index is 0.0730. The fourth-order valence-electron chi connectivity index (χ4n) is 3.26. The summed E-state index contributed by atoms with van der Waals surface area (Å²) in [5, 5.41) is 3.03. The van der Waals surface area contributed by atoms with Crippen LogP contribution in [0.4, 0.5) is 0 Å². The molecule has 0 aromatic rings. The molecule has 126 valence electrons. The van der Waals surface area contributed by atoms with Crippen LogP contribution in [0.1, 0.15) is 33.1 Å². The highest BCUT2D eigenvalue weighted by Gasteiger charge is 2.39. The van der Waals surface area contributed by atoms with Crippen molar-refractivity contribution in [2.24, 2.45) is 17.8 Å². The zero-order valence-corrected chi connectivity index (χ0v) is 14.1. The summed E-state index contributed by atoms with van der Waals surface area (Å²) in [5.41, 5.74) is 1.23. The smallest absolute Gasteiger partial charge is 0.305 e. The molecule has 1 amide bonds. The predicted octanol–water partition coefficient (Wildman–Crippen LogP) is 1.59. The van der Waals surface area contributed by atoms with E-state index in [1.165, 1.54) is 7.11 Å². The van der Waals surface area contributed by atoms with Gasteiger partial charge in [-0.1, -0.05) is 19.9 Å². The maximum Gasteiger partial charge on any atom is 0.305 e. The van der Waals surface area contributed by atoms with Crippen LogP contribution in [-0.4, -0.2) is 36.7 Å². The summed E-state index contributed by atoms with van der Waals surface area (Å²) < 4.78 is 4.68. The van der Waals surface area contributed by atoms with E-state index in [4.69, 9.17) is 0 Å². The van der Waals surface area contributed by atoms with Crippen molar-refractivity contribution in [3.8, 4) is 0 Å².